The standard InChI is InChI=1S/C13H22N2O3S/c1-13(5-3-2-4-6-13)8-14-12(18)15-9-19-7-10(15)11(16)17/h10H,2-9H2,1H3,(H,14,18)(H,16,17). The normalized spacial score (nSPS) is 26.2. The lowest BCUT2D eigenvalue weighted by Crippen LogP contribution is -2.49. The number of carboxylic acids is 1. The van der Waals surface area contributed by atoms with Crippen molar-refractivity contribution in [1.29, 1.82) is 0 Å². The van der Waals surface area contributed by atoms with Gasteiger partial charge in [-0.25, -0.2) is 9.59 Å². The van der Waals surface area contributed by atoms with Crippen LogP contribution in [0.5, 0.6) is 0 Å². The van der Waals surface area contributed by atoms with Crippen molar-refractivity contribution in [2.24, 2.45) is 5.41 Å². The monoisotopic (exact) mass is 286 g/mol. The van der Waals surface area contributed by atoms with Crippen LogP contribution in [-0.4, -0.2) is 46.2 Å². The predicted octanol–water partition coefficient (Wildman–Crippen LogP) is 2.13. The lowest BCUT2D eigenvalue weighted by molar-refractivity contribution is -0.140. The fraction of sp³-hybridized carbons (Fsp3) is 0.846. The van der Waals surface area contributed by atoms with Crippen LogP contribution in [0, 0.1) is 5.41 Å². The summed E-state index contributed by atoms with van der Waals surface area (Å²) in [7, 11) is 0. The zero-order valence-electron chi connectivity index (χ0n) is 11.4. The summed E-state index contributed by atoms with van der Waals surface area (Å²) < 4.78 is 0. The third-order valence-corrected chi connectivity index (χ3v) is 5.17. The number of carboxylic acid groups (broad SMARTS) is 1. The number of carbonyl (C=O) groups excluding carboxylic acids is 1. The van der Waals surface area contributed by atoms with E-state index >= 15 is 0 Å². The van der Waals surface area contributed by atoms with E-state index in [9.17, 15) is 9.59 Å². The molecule has 1 unspecified atom stereocenters. The summed E-state index contributed by atoms with van der Waals surface area (Å²) >= 11 is 1.49. The Bertz CT molecular complexity index is 356. The number of aliphatic carboxylic acids is 1. The number of nitrogens with one attached hydrogen (secondary N) is 1. The molecule has 0 aromatic carbocycles. The average molecular weight is 286 g/mol. The maximum atomic E-state index is 12.1. The molecule has 108 valence electrons. The van der Waals surface area contributed by atoms with Gasteiger partial charge < -0.3 is 15.3 Å². The first-order valence-electron chi connectivity index (χ1n) is 6.87. The number of amides is 2. The molecular formula is C13H22N2O3S. The summed E-state index contributed by atoms with van der Waals surface area (Å²) in [6, 6.07) is -0.909. The van der Waals surface area contributed by atoms with E-state index < -0.39 is 12.0 Å². The molecule has 0 aromatic rings. The Morgan fingerprint density at radius 2 is 2.05 bits per heavy atom. The van der Waals surface area contributed by atoms with Crippen LogP contribution in [0.4, 0.5) is 4.79 Å². The smallest absolute Gasteiger partial charge is 0.327 e. The lowest BCUT2D eigenvalue weighted by Gasteiger charge is -2.34. The largest absolute Gasteiger partial charge is 0.480 e. The van der Waals surface area contributed by atoms with Gasteiger partial charge in [-0.2, -0.15) is 0 Å². The Morgan fingerprint density at radius 1 is 1.37 bits per heavy atom. The Morgan fingerprint density at radius 3 is 2.68 bits per heavy atom. The molecule has 2 N–H and O–H groups in total. The number of carbonyl (C=O) groups is 2. The molecular weight excluding hydrogens is 264 g/mol. The second-order valence-corrected chi connectivity index (χ2v) is 6.85. The molecule has 1 saturated carbocycles. The van der Waals surface area contributed by atoms with Crippen LogP contribution < -0.4 is 5.32 Å². The van der Waals surface area contributed by atoms with Gasteiger partial charge in [0.15, 0.2) is 0 Å². The number of nitrogens with zero attached hydrogens (tertiary/aromatic N) is 1. The minimum atomic E-state index is -0.913. The van der Waals surface area contributed by atoms with Crippen molar-refractivity contribution in [2.75, 3.05) is 18.2 Å². The van der Waals surface area contributed by atoms with E-state index in [-0.39, 0.29) is 11.4 Å². The number of urea groups is 1. The van der Waals surface area contributed by atoms with Crippen LogP contribution in [0.25, 0.3) is 0 Å². The molecule has 0 bridgehead atoms. The Balaban J connectivity index is 1.85. The van der Waals surface area contributed by atoms with Crippen LogP contribution in [0.1, 0.15) is 39.0 Å². The van der Waals surface area contributed by atoms with E-state index in [1.165, 1.54) is 35.9 Å². The Hall–Kier alpha value is -0.910. The Kier molecular flexibility index (Phi) is 4.60. The van der Waals surface area contributed by atoms with E-state index in [0.717, 1.165) is 12.8 Å². The van der Waals surface area contributed by atoms with Gasteiger partial charge >= 0.3 is 12.0 Å². The molecule has 2 aliphatic rings. The number of rotatable bonds is 3. The van der Waals surface area contributed by atoms with Crippen molar-refractivity contribution in [3.8, 4) is 0 Å². The van der Waals surface area contributed by atoms with Gasteiger partial charge in [0.25, 0.3) is 0 Å². The van der Waals surface area contributed by atoms with E-state index in [4.69, 9.17) is 5.11 Å². The molecule has 1 aliphatic heterocycles. The summed E-state index contributed by atoms with van der Waals surface area (Å²) in [5.41, 5.74) is 0.180. The highest BCUT2D eigenvalue weighted by Gasteiger charge is 2.35. The predicted molar refractivity (Wildman–Crippen MR) is 75.2 cm³/mol. The molecule has 0 aromatic heterocycles. The van der Waals surface area contributed by atoms with Crippen LogP contribution in [0.2, 0.25) is 0 Å². The van der Waals surface area contributed by atoms with Crippen molar-refractivity contribution in [3.05, 3.63) is 0 Å². The van der Waals surface area contributed by atoms with Gasteiger partial charge in [0, 0.05) is 12.3 Å². The van der Waals surface area contributed by atoms with E-state index in [0.29, 0.717) is 18.2 Å². The fourth-order valence-electron chi connectivity index (χ4n) is 2.82. The molecule has 6 heteroatoms. The van der Waals surface area contributed by atoms with Crippen molar-refractivity contribution >= 4 is 23.8 Å². The van der Waals surface area contributed by atoms with E-state index in [1.54, 1.807) is 0 Å². The van der Waals surface area contributed by atoms with Crippen molar-refractivity contribution in [3.63, 3.8) is 0 Å². The van der Waals surface area contributed by atoms with Gasteiger partial charge in [0.2, 0.25) is 0 Å². The van der Waals surface area contributed by atoms with Gasteiger partial charge in [0.1, 0.15) is 6.04 Å². The molecule has 2 fully saturated rings. The highest BCUT2D eigenvalue weighted by Crippen LogP contribution is 2.35. The number of hydrogen-bond donors (Lipinski definition) is 2. The minimum absolute atomic E-state index is 0.180. The number of thioether (sulfide) groups is 1. The SMILES string of the molecule is CC1(CNC(=O)N2CSCC2C(=O)O)CCCCC1. The van der Waals surface area contributed by atoms with Gasteiger partial charge in [-0.05, 0) is 18.3 Å². The molecule has 1 heterocycles. The molecule has 0 radical (unpaired) electrons. The van der Waals surface area contributed by atoms with Crippen LogP contribution in [-0.2, 0) is 4.79 Å². The maximum absolute atomic E-state index is 12.1. The topological polar surface area (TPSA) is 69.6 Å². The summed E-state index contributed by atoms with van der Waals surface area (Å²) in [5.74, 6) is 0.0449. The first kappa shape index (κ1) is 14.5. The molecule has 0 spiro atoms. The first-order chi connectivity index (χ1) is 9.02. The highest BCUT2D eigenvalue weighted by molar-refractivity contribution is 7.99. The highest BCUT2D eigenvalue weighted by atomic mass is 32.2. The maximum Gasteiger partial charge on any atom is 0.327 e. The summed E-state index contributed by atoms with van der Waals surface area (Å²) in [6.07, 6.45) is 6.02. The number of hydrogen-bond acceptors (Lipinski definition) is 3. The van der Waals surface area contributed by atoms with Gasteiger partial charge in [-0.1, -0.05) is 26.2 Å². The molecule has 1 saturated heterocycles. The quantitative estimate of drug-likeness (QED) is 0.834. The molecule has 1 aliphatic carbocycles. The molecule has 2 amide bonds. The minimum Gasteiger partial charge on any atom is -0.480 e. The van der Waals surface area contributed by atoms with Crippen LogP contribution in [0.3, 0.4) is 0 Å². The van der Waals surface area contributed by atoms with Gasteiger partial charge in [-0.3, -0.25) is 0 Å². The Labute approximate surface area is 118 Å². The first-order valence-corrected chi connectivity index (χ1v) is 8.02. The van der Waals surface area contributed by atoms with E-state index in [1.807, 2.05) is 0 Å². The van der Waals surface area contributed by atoms with Gasteiger partial charge in [0.05, 0.1) is 5.88 Å². The summed E-state index contributed by atoms with van der Waals surface area (Å²) in [4.78, 5) is 24.6. The van der Waals surface area contributed by atoms with Crippen molar-refractivity contribution < 1.29 is 14.7 Å². The zero-order chi connectivity index (χ0) is 13.9. The molecule has 5 nitrogen and oxygen atoms in total. The van der Waals surface area contributed by atoms with Crippen LogP contribution in [0.15, 0.2) is 0 Å². The molecule has 1 atom stereocenters. The summed E-state index contributed by atoms with van der Waals surface area (Å²) in [5, 5.41) is 12.0. The average Bonchev–Trinajstić information content (AvgIpc) is 2.86. The third kappa shape index (κ3) is 3.55. The molecule has 19 heavy (non-hydrogen) atoms. The van der Waals surface area contributed by atoms with Crippen LogP contribution >= 0.6 is 11.8 Å². The summed E-state index contributed by atoms with van der Waals surface area (Å²) in [6.45, 7) is 2.86. The van der Waals surface area contributed by atoms with E-state index in [2.05, 4.69) is 12.2 Å². The lowest BCUT2D eigenvalue weighted by atomic mass is 9.76. The second-order valence-electron chi connectivity index (χ2n) is 5.85. The van der Waals surface area contributed by atoms with Gasteiger partial charge in [-0.15, -0.1) is 11.8 Å². The zero-order valence-corrected chi connectivity index (χ0v) is 12.2. The van der Waals surface area contributed by atoms with Crippen molar-refractivity contribution in [1.82, 2.24) is 10.2 Å². The third-order valence-electron chi connectivity index (χ3n) is 4.16. The molecule has 2 rings (SSSR count). The second kappa shape index (κ2) is 6.03. The van der Waals surface area contributed by atoms with Crippen molar-refractivity contribution in [2.45, 2.75) is 45.1 Å². The fourth-order valence-corrected chi connectivity index (χ4v) is 3.97.